The third-order valence-corrected chi connectivity index (χ3v) is 7.66. The molecule has 35 heavy (non-hydrogen) atoms. The number of hydrogen-bond acceptors (Lipinski definition) is 6. The van der Waals surface area contributed by atoms with E-state index in [4.69, 9.17) is 11.6 Å². The summed E-state index contributed by atoms with van der Waals surface area (Å²) in [7, 11) is 0. The Morgan fingerprint density at radius 2 is 1.94 bits per heavy atom. The Balaban J connectivity index is 1.49. The first-order chi connectivity index (χ1) is 16.9. The molecule has 180 valence electrons. The fraction of sp³-hybridized carbons (Fsp3) is 0.200. The average molecular weight is 527 g/mol. The Hall–Kier alpha value is -3.14. The number of hydrogen-bond donors (Lipinski definition) is 2. The summed E-state index contributed by atoms with van der Waals surface area (Å²) in [6, 6.07) is 16.5. The van der Waals surface area contributed by atoms with Gasteiger partial charge in [-0.2, -0.15) is 0 Å². The van der Waals surface area contributed by atoms with Crippen molar-refractivity contribution < 1.29 is 14.4 Å². The Morgan fingerprint density at radius 3 is 2.66 bits per heavy atom. The van der Waals surface area contributed by atoms with Crippen LogP contribution in [0.15, 0.2) is 71.6 Å². The SMILES string of the molecule is C=CCNC(=O)CSc1nc(-c2ccccc2)c(NC(=O)C2CC(=O)N(c3ccc(Cl)cc3)C2)s1. The molecule has 3 aromatic rings. The van der Waals surface area contributed by atoms with Crippen LogP contribution in [0.3, 0.4) is 0 Å². The lowest BCUT2D eigenvalue weighted by atomic mass is 10.1. The lowest BCUT2D eigenvalue weighted by Gasteiger charge is -2.16. The second-order valence-corrected chi connectivity index (χ2v) is 10.4. The highest BCUT2D eigenvalue weighted by atomic mass is 35.5. The van der Waals surface area contributed by atoms with Crippen LogP contribution in [0.2, 0.25) is 5.02 Å². The number of carbonyl (C=O) groups excluding carboxylic acids is 3. The lowest BCUT2D eigenvalue weighted by molar-refractivity contribution is -0.122. The summed E-state index contributed by atoms with van der Waals surface area (Å²) in [4.78, 5) is 44.0. The molecular formula is C25H23ClN4O3S2. The summed E-state index contributed by atoms with van der Waals surface area (Å²) in [5.41, 5.74) is 2.20. The van der Waals surface area contributed by atoms with Gasteiger partial charge in [-0.1, -0.05) is 71.1 Å². The van der Waals surface area contributed by atoms with E-state index in [1.165, 1.54) is 23.1 Å². The molecule has 1 aromatic heterocycles. The maximum absolute atomic E-state index is 13.2. The minimum Gasteiger partial charge on any atom is -0.352 e. The molecule has 1 fully saturated rings. The monoisotopic (exact) mass is 526 g/mol. The van der Waals surface area contributed by atoms with Gasteiger partial charge in [-0.15, -0.1) is 6.58 Å². The number of rotatable bonds is 9. The van der Waals surface area contributed by atoms with Crippen molar-refractivity contribution >= 4 is 63.1 Å². The molecule has 2 heterocycles. The van der Waals surface area contributed by atoms with E-state index < -0.39 is 5.92 Å². The highest BCUT2D eigenvalue weighted by Gasteiger charge is 2.35. The molecule has 4 rings (SSSR count). The van der Waals surface area contributed by atoms with E-state index in [9.17, 15) is 14.4 Å². The van der Waals surface area contributed by atoms with Gasteiger partial charge in [-0.3, -0.25) is 14.4 Å². The third-order valence-electron chi connectivity index (χ3n) is 5.30. The lowest BCUT2D eigenvalue weighted by Crippen LogP contribution is -2.28. The number of halogens is 1. The van der Waals surface area contributed by atoms with Gasteiger partial charge in [-0.25, -0.2) is 4.98 Å². The normalized spacial score (nSPS) is 15.2. The van der Waals surface area contributed by atoms with Crippen molar-refractivity contribution in [1.29, 1.82) is 0 Å². The van der Waals surface area contributed by atoms with E-state index in [2.05, 4.69) is 22.2 Å². The molecule has 2 aromatic carbocycles. The van der Waals surface area contributed by atoms with Gasteiger partial charge < -0.3 is 15.5 Å². The molecule has 1 aliphatic rings. The first-order valence-electron chi connectivity index (χ1n) is 10.9. The van der Waals surface area contributed by atoms with Gasteiger partial charge in [0.15, 0.2) is 4.34 Å². The van der Waals surface area contributed by atoms with Crippen molar-refractivity contribution in [3.05, 3.63) is 72.3 Å². The summed E-state index contributed by atoms with van der Waals surface area (Å²) in [6.07, 6.45) is 1.74. The summed E-state index contributed by atoms with van der Waals surface area (Å²) in [5, 5.41) is 6.89. The molecule has 0 radical (unpaired) electrons. The first kappa shape index (κ1) is 25.0. The molecule has 1 saturated heterocycles. The largest absolute Gasteiger partial charge is 0.352 e. The minimum atomic E-state index is -0.496. The van der Waals surface area contributed by atoms with Crippen LogP contribution in [0.1, 0.15) is 6.42 Å². The van der Waals surface area contributed by atoms with Crippen LogP contribution in [-0.4, -0.2) is 41.5 Å². The minimum absolute atomic E-state index is 0.109. The molecule has 1 aliphatic heterocycles. The van der Waals surface area contributed by atoms with Crippen LogP contribution in [0, 0.1) is 5.92 Å². The average Bonchev–Trinajstić information content (AvgIpc) is 3.46. The zero-order chi connectivity index (χ0) is 24.8. The second-order valence-electron chi connectivity index (χ2n) is 7.78. The zero-order valence-electron chi connectivity index (χ0n) is 18.7. The topological polar surface area (TPSA) is 91.4 Å². The number of aromatic nitrogens is 1. The van der Waals surface area contributed by atoms with Crippen molar-refractivity contribution in [3.63, 3.8) is 0 Å². The quantitative estimate of drug-likeness (QED) is 0.307. The standard InChI is InChI=1S/C25H23ClN4O3S2/c1-2-12-27-20(31)15-34-25-28-22(16-6-4-3-5-7-16)24(35-25)29-23(33)17-13-21(32)30(14-17)19-10-8-18(26)9-11-19/h2-11,17H,1,12-15H2,(H,27,31)(H,29,33). The maximum Gasteiger partial charge on any atom is 0.230 e. The van der Waals surface area contributed by atoms with E-state index in [1.54, 1.807) is 35.2 Å². The molecule has 0 spiro atoms. The van der Waals surface area contributed by atoms with Crippen LogP contribution in [0.4, 0.5) is 10.7 Å². The highest BCUT2D eigenvalue weighted by molar-refractivity contribution is 8.01. The van der Waals surface area contributed by atoms with Crippen molar-refractivity contribution in [2.24, 2.45) is 5.92 Å². The Kier molecular flexibility index (Phi) is 8.22. The third kappa shape index (κ3) is 6.30. The highest BCUT2D eigenvalue weighted by Crippen LogP contribution is 2.38. The van der Waals surface area contributed by atoms with Gasteiger partial charge in [0, 0.05) is 35.8 Å². The van der Waals surface area contributed by atoms with Crippen molar-refractivity contribution in [2.45, 2.75) is 10.8 Å². The van der Waals surface area contributed by atoms with Gasteiger partial charge in [0.05, 0.1) is 11.7 Å². The van der Waals surface area contributed by atoms with Gasteiger partial charge in [0.25, 0.3) is 0 Å². The smallest absolute Gasteiger partial charge is 0.230 e. The van der Waals surface area contributed by atoms with Crippen LogP contribution in [0.5, 0.6) is 0 Å². The zero-order valence-corrected chi connectivity index (χ0v) is 21.1. The first-order valence-corrected chi connectivity index (χ1v) is 13.1. The summed E-state index contributed by atoms with van der Waals surface area (Å²) >= 11 is 8.57. The van der Waals surface area contributed by atoms with E-state index in [-0.39, 0.29) is 36.4 Å². The molecule has 1 unspecified atom stereocenters. The molecule has 3 amide bonds. The van der Waals surface area contributed by atoms with E-state index in [0.717, 1.165) is 5.56 Å². The van der Waals surface area contributed by atoms with Crippen LogP contribution >= 0.6 is 34.7 Å². The molecule has 10 heteroatoms. The molecular weight excluding hydrogens is 504 g/mol. The number of amides is 3. The molecule has 2 N–H and O–H groups in total. The van der Waals surface area contributed by atoms with E-state index in [0.29, 0.717) is 32.3 Å². The van der Waals surface area contributed by atoms with Crippen LogP contribution < -0.4 is 15.5 Å². The number of benzene rings is 2. The van der Waals surface area contributed by atoms with Crippen LogP contribution in [-0.2, 0) is 14.4 Å². The molecule has 1 atom stereocenters. The van der Waals surface area contributed by atoms with E-state index >= 15 is 0 Å². The second kappa shape index (κ2) is 11.5. The number of carbonyl (C=O) groups is 3. The Labute approximate surface area is 216 Å². The molecule has 0 aliphatic carbocycles. The predicted octanol–water partition coefficient (Wildman–Crippen LogP) is 4.85. The van der Waals surface area contributed by atoms with Gasteiger partial charge >= 0.3 is 0 Å². The number of thiazole rings is 1. The Morgan fingerprint density at radius 1 is 1.20 bits per heavy atom. The fourth-order valence-corrected chi connectivity index (χ4v) is 5.59. The fourth-order valence-electron chi connectivity index (χ4n) is 3.57. The Bertz CT molecular complexity index is 1230. The molecule has 0 saturated carbocycles. The number of thioether (sulfide) groups is 1. The van der Waals surface area contributed by atoms with Crippen molar-refractivity contribution in [3.8, 4) is 11.3 Å². The van der Waals surface area contributed by atoms with Gasteiger partial charge in [0.2, 0.25) is 17.7 Å². The summed E-state index contributed by atoms with van der Waals surface area (Å²) in [6.45, 7) is 4.28. The molecule has 7 nitrogen and oxygen atoms in total. The van der Waals surface area contributed by atoms with Crippen molar-refractivity contribution in [1.82, 2.24) is 10.3 Å². The summed E-state index contributed by atoms with van der Waals surface area (Å²) < 4.78 is 0.665. The van der Waals surface area contributed by atoms with Gasteiger partial charge in [-0.05, 0) is 24.3 Å². The maximum atomic E-state index is 13.2. The number of nitrogens with one attached hydrogen (secondary N) is 2. The molecule has 0 bridgehead atoms. The van der Waals surface area contributed by atoms with Gasteiger partial charge in [0.1, 0.15) is 10.7 Å². The predicted molar refractivity (Wildman–Crippen MR) is 142 cm³/mol. The van der Waals surface area contributed by atoms with E-state index in [1.807, 2.05) is 30.3 Å². The van der Waals surface area contributed by atoms with Crippen molar-refractivity contribution in [2.75, 3.05) is 29.1 Å². The number of anilines is 2. The summed E-state index contributed by atoms with van der Waals surface area (Å²) in [5.74, 6) is -0.762. The van der Waals surface area contributed by atoms with Crippen LogP contribution in [0.25, 0.3) is 11.3 Å². The number of nitrogens with zero attached hydrogens (tertiary/aromatic N) is 2.